The van der Waals surface area contributed by atoms with Gasteiger partial charge in [0.15, 0.2) is 5.96 Å². The predicted octanol–water partition coefficient (Wildman–Crippen LogP) is 2.09. The Morgan fingerprint density at radius 2 is 1.95 bits per heavy atom. The van der Waals surface area contributed by atoms with Gasteiger partial charge in [0.1, 0.15) is 5.75 Å². The largest absolute Gasteiger partial charge is 0.508 e. The Kier molecular flexibility index (Phi) is 4.09. The van der Waals surface area contributed by atoms with Crippen LogP contribution in [-0.4, -0.2) is 53.6 Å². The van der Waals surface area contributed by atoms with Crippen molar-refractivity contribution in [1.29, 1.82) is 0 Å². The van der Waals surface area contributed by atoms with Gasteiger partial charge in [-0.2, -0.15) is 0 Å². The SMILES string of the molecule is Oc1ccccc1CCCN1CCCN2CCCN=C21. The maximum absolute atomic E-state index is 9.79. The van der Waals surface area contributed by atoms with Crippen molar-refractivity contribution >= 4 is 5.96 Å². The number of phenols is 1. The first kappa shape index (κ1) is 13.3. The van der Waals surface area contributed by atoms with Gasteiger partial charge < -0.3 is 14.9 Å². The molecule has 4 nitrogen and oxygen atoms in total. The van der Waals surface area contributed by atoms with Crippen molar-refractivity contribution in [3.8, 4) is 5.75 Å². The van der Waals surface area contributed by atoms with Gasteiger partial charge in [-0.1, -0.05) is 18.2 Å². The third kappa shape index (κ3) is 2.89. The smallest absolute Gasteiger partial charge is 0.196 e. The highest BCUT2D eigenvalue weighted by molar-refractivity contribution is 5.81. The van der Waals surface area contributed by atoms with Crippen molar-refractivity contribution in [2.45, 2.75) is 25.7 Å². The number of hydrogen-bond acceptors (Lipinski definition) is 4. The van der Waals surface area contributed by atoms with Gasteiger partial charge in [-0.05, 0) is 37.3 Å². The molecule has 0 atom stereocenters. The van der Waals surface area contributed by atoms with Gasteiger partial charge in [-0.25, -0.2) is 0 Å². The lowest BCUT2D eigenvalue weighted by molar-refractivity contribution is 0.242. The number of para-hydroxylation sites is 1. The molecule has 0 amide bonds. The van der Waals surface area contributed by atoms with E-state index in [4.69, 9.17) is 4.99 Å². The van der Waals surface area contributed by atoms with Crippen LogP contribution in [0, 0.1) is 0 Å². The van der Waals surface area contributed by atoms with E-state index >= 15 is 0 Å². The average molecular weight is 273 g/mol. The van der Waals surface area contributed by atoms with Crippen LogP contribution in [0.1, 0.15) is 24.8 Å². The molecular formula is C16H23N3O. The standard InChI is InChI=1S/C16H23N3O/c20-15-8-2-1-6-14(15)7-3-10-18-12-5-13-19-11-4-9-17-16(18)19/h1-2,6,8,20H,3-5,7,9-13H2. The van der Waals surface area contributed by atoms with E-state index < -0.39 is 0 Å². The van der Waals surface area contributed by atoms with Gasteiger partial charge in [0.2, 0.25) is 0 Å². The summed E-state index contributed by atoms with van der Waals surface area (Å²) in [6, 6.07) is 7.64. The molecule has 0 unspecified atom stereocenters. The number of benzene rings is 1. The van der Waals surface area contributed by atoms with Gasteiger partial charge in [0.25, 0.3) is 0 Å². The number of aryl methyl sites for hydroxylation is 1. The monoisotopic (exact) mass is 273 g/mol. The fourth-order valence-corrected chi connectivity index (χ4v) is 3.10. The summed E-state index contributed by atoms with van der Waals surface area (Å²) in [6.07, 6.45) is 4.41. The molecule has 1 aromatic rings. The number of aromatic hydroxyl groups is 1. The van der Waals surface area contributed by atoms with Crippen LogP contribution < -0.4 is 0 Å². The first-order valence-electron chi connectivity index (χ1n) is 7.66. The highest BCUT2D eigenvalue weighted by atomic mass is 16.3. The Morgan fingerprint density at radius 3 is 2.85 bits per heavy atom. The summed E-state index contributed by atoms with van der Waals surface area (Å²) in [5.41, 5.74) is 1.05. The van der Waals surface area contributed by atoms with E-state index in [1.807, 2.05) is 18.2 Å². The topological polar surface area (TPSA) is 39.1 Å². The minimum absolute atomic E-state index is 0.419. The number of nitrogens with zero attached hydrogens (tertiary/aromatic N) is 3. The third-order valence-corrected chi connectivity index (χ3v) is 4.13. The predicted molar refractivity (Wildman–Crippen MR) is 81.1 cm³/mol. The van der Waals surface area contributed by atoms with E-state index in [0.29, 0.717) is 5.75 Å². The summed E-state index contributed by atoms with van der Waals surface area (Å²) >= 11 is 0. The Hall–Kier alpha value is -1.71. The first-order valence-corrected chi connectivity index (χ1v) is 7.66. The second kappa shape index (κ2) is 6.16. The zero-order valence-electron chi connectivity index (χ0n) is 12.0. The second-order valence-electron chi connectivity index (χ2n) is 5.60. The lowest BCUT2D eigenvalue weighted by Gasteiger charge is -2.41. The van der Waals surface area contributed by atoms with E-state index in [1.165, 1.54) is 18.8 Å². The van der Waals surface area contributed by atoms with Gasteiger partial charge >= 0.3 is 0 Å². The van der Waals surface area contributed by atoms with Crippen LogP contribution in [0.2, 0.25) is 0 Å². The van der Waals surface area contributed by atoms with E-state index in [1.54, 1.807) is 6.07 Å². The number of fused-ring (bicyclic) bond motifs is 1. The van der Waals surface area contributed by atoms with E-state index in [0.717, 1.165) is 51.1 Å². The van der Waals surface area contributed by atoms with Crippen LogP contribution in [0.4, 0.5) is 0 Å². The molecular weight excluding hydrogens is 250 g/mol. The van der Waals surface area contributed by atoms with Gasteiger partial charge in [0, 0.05) is 32.7 Å². The van der Waals surface area contributed by atoms with Crippen LogP contribution in [0.15, 0.2) is 29.3 Å². The highest BCUT2D eigenvalue weighted by Crippen LogP contribution is 2.19. The summed E-state index contributed by atoms with van der Waals surface area (Å²) in [7, 11) is 0. The van der Waals surface area contributed by atoms with Gasteiger partial charge in [0.05, 0.1) is 0 Å². The van der Waals surface area contributed by atoms with Crippen molar-refractivity contribution in [3.05, 3.63) is 29.8 Å². The molecule has 0 aromatic heterocycles. The fourth-order valence-electron chi connectivity index (χ4n) is 3.10. The Morgan fingerprint density at radius 1 is 1.10 bits per heavy atom. The molecule has 1 fully saturated rings. The van der Waals surface area contributed by atoms with Crippen LogP contribution in [0.5, 0.6) is 5.75 Å². The first-order chi connectivity index (χ1) is 9.84. The molecule has 20 heavy (non-hydrogen) atoms. The molecule has 108 valence electrons. The summed E-state index contributed by atoms with van der Waals surface area (Å²) in [5.74, 6) is 1.63. The molecule has 0 radical (unpaired) electrons. The van der Waals surface area contributed by atoms with E-state index in [2.05, 4.69) is 9.80 Å². The maximum Gasteiger partial charge on any atom is 0.196 e. The van der Waals surface area contributed by atoms with Gasteiger partial charge in [-0.15, -0.1) is 0 Å². The Labute approximate surface area is 120 Å². The normalized spacial score (nSPS) is 18.7. The number of rotatable bonds is 4. The number of aliphatic imine (C=N–C) groups is 1. The number of phenolic OH excluding ortho intramolecular Hbond substituents is 1. The molecule has 1 saturated heterocycles. The number of hydrogen-bond donors (Lipinski definition) is 1. The van der Waals surface area contributed by atoms with Crippen LogP contribution >= 0.6 is 0 Å². The fraction of sp³-hybridized carbons (Fsp3) is 0.562. The summed E-state index contributed by atoms with van der Waals surface area (Å²) in [5, 5.41) is 9.79. The molecule has 4 heteroatoms. The van der Waals surface area contributed by atoms with Crippen molar-refractivity contribution in [1.82, 2.24) is 9.80 Å². The minimum atomic E-state index is 0.419. The van der Waals surface area contributed by atoms with Gasteiger partial charge in [-0.3, -0.25) is 4.99 Å². The highest BCUT2D eigenvalue weighted by Gasteiger charge is 2.24. The molecule has 0 bridgehead atoms. The lowest BCUT2D eigenvalue weighted by Crippen LogP contribution is -2.52. The summed E-state index contributed by atoms with van der Waals surface area (Å²) in [6.45, 7) is 5.45. The molecule has 0 aliphatic carbocycles. The average Bonchev–Trinajstić information content (AvgIpc) is 2.49. The minimum Gasteiger partial charge on any atom is -0.508 e. The maximum atomic E-state index is 9.79. The molecule has 1 aromatic carbocycles. The molecule has 1 N–H and O–H groups in total. The summed E-state index contributed by atoms with van der Waals surface area (Å²) in [4.78, 5) is 9.54. The Balaban J connectivity index is 1.55. The van der Waals surface area contributed by atoms with Crippen LogP contribution in [-0.2, 0) is 6.42 Å². The lowest BCUT2D eigenvalue weighted by atomic mass is 10.1. The van der Waals surface area contributed by atoms with Crippen molar-refractivity contribution in [2.75, 3.05) is 32.7 Å². The molecule has 2 heterocycles. The number of guanidine groups is 1. The van der Waals surface area contributed by atoms with Crippen molar-refractivity contribution < 1.29 is 5.11 Å². The molecule has 3 rings (SSSR count). The molecule has 0 saturated carbocycles. The van der Waals surface area contributed by atoms with Crippen molar-refractivity contribution in [2.24, 2.45) is 4.99 Å². The third-order valence-electron chi connectivity index (χ3n) is 4.13. The zero-order valence-corrected chi connectivity index (χ0v) is 12.0. The van der Waals surface area contributed by atoms with E-state index in [9.17, 15) is 5.11 Å². The van der Waals surface area contributed by atoms with Crippen LogP contribution in [0.25, 0.3) is 0 Å². The quantitative estimate of drug-likeness (QED) is 0.913. The molecule has 2 aliphatic rings. The van der Waals surface area contributed by atoms with E-state index in [-0.39, 0.29) is 0 Å². The van der Waals surface area contributed by atoms with Crippen LogP contribution in [0.3, 0.4) is 0 Å². The Bertz CT molecular complexity index is 486. The second-order valence-corrected chi connectivity index (χ2v) is 5.60. The zero-order chi connectivity index (χ0) is 13.8. The summed E-state index contributed by atoms with van der Waals surface area (Å²) < 4.78 is 0. The molecule has 2 aliphatic heterocycles. The van der Waals surface area contributed by atoms with Crippen molar-refractivity contribution in [3.63, 3.8) is 0 Å². The molecule has 0 spiro atoms.